The van der Waals surface area contributed by atoms with E-state index in [4.69, 9.17) is 23.2 Å². The highest BCUT2D eigenvalue weighted by atomic mass is 35.5. The Morgan fingerprint density at radius 2 is 1.88 bits per heavy atom. The highest BCUT2D eigenvalue weighted by Crippen LogP contribution is 2.27. The first-order valence-corrected chi connectivity index (χ1v) is 5.74. The van der Waals surface area contributed by atoms with Gasteiger partial charge in [-0.2, -0.15) is 0 Å². The van der Waals surface area contributed by atoms with Gasteiger partial charge in [-0.1, -0.05) is 48.3 Å². The molecule has 1 aromatic heterocycles. The molecule has 0 radical (unpaired) electrons. The Morgan fingerprint density at radius 3 is 2.56 bits per heavy atom. The van der Waals surface area contributed by atoms with Crippen LogP contribution < -0.4 is 0 Å². The van der Waals surface area contributed by atoms with Crippen LogP contribution in [0.25, 0.3) is 11.3 Å². The Hall–Kier alpha value is -1.12. The van der Waals surface area contributed by atoms with Crippen molar-refractivity contribution in [3.05, 3.63) is 46.3 Å². The van der Waals surface area contributed by atoms with Gasteiger partial charge >= 0.3 is 0 Å². The molecule has 0 N–H and O–H groups in total. The monoisotopic (exact) mass is 252 g/mol. The van der Waals surface area contributed by atoms with Crippen molar-refractivity contribution in [2.45, 2.75) is 13.3 Å². The molecule has 2 aromatic rings. The molecule has 2 nitrogen and oxygen atoms in total. The predicted molar refractivity (Wildman–Crippen MR) is 66.9 cm³/mol. The summed E-state index contributed by atoms with van der Waals surface area (Å²) in [5.74, 6) is 0.724. The number of nitrogens with zero attached hydrogens (tertiary/aromatic N) is 2. The number of benzene rings is 1. The van der Waals surface area contributed by atoms with Crippen LogP contribution in [0, 0.1) is 0 Å². The van der Waals surface area contributed by atoms with E-state index >= 15 is 0 Å². The number of rotatable bonds is 2. The summed E-state index contributed by atoms with van der Waals surface area (Å²) < 4.78 is 0. The van der Waals surface area contributed by atoms with Crippen LogP contribution in [0.15, 0.2) is 30.3 Å². The molecule has 0 aliphatic carbocycles. The molecule has 0 saturated carbocycles. The molecule has 16 heavy (non-hydrogen) atoms. The predicted octanol–water partition coefficient (Wildman–Crippen LogP) is 4.01. The Morgan fingerprint density at radius 1 is 1.12 bits per heavy atom. The smallest absolute Gasteiger partial charge is 0.133 e. The molecule has 2 rings (SSSR count). The molecule has 0 unspecified atom stereocenters. The second-order valence-electron chi connectivity index (χ2n) is 3.33. The highest BCUT2D eigenvalue weighted by molar-refractivity contribution is 6.33. The van der Waals surface area contributed by atoms with E-state index in [0.29, 0.717) is 10.2 Å². The van der Waals surface area contributed by atoms with Crippen molar-refractivity contribution < 1.29 is 0 Å². The maximum absolute atomic E-state index is 6.10. The third kappa shape index (κ3) is 2.34. The molecule has 0 aliphatic rings. The lowest BCUT2D eigenvalue weighted by atomic mass is 10.1. The van der Waals surface area contributed by atoms with Crippen LogP contribution in [-0.2, 0) is 6.42 Å². The first-order valence-electron chi connectivity index (χ1n) is 4.99. The molecule has 82 valence electrons. The minimum atomic E-state index is 0.446. The van der Waals surface area contributed by atoms with Gasteiger partial charge in [0.05, 0.1) is 5.69 Å². The molecule has 1 heterocycles. The normalized spacial score (nSPS) is 10.4. The van der Waals surface area contributed by atoms with Crippen LogP contribution in [0.1, 0.15) is 12.7 Å². The zero-order valence-corrected chi connectivity index (χ0v) is 10.3. The largest absolute Gasteiger partial charge is 0.233 e. The number of aryl methyl sites for hydroxylation is 1. The summed E-state index contributed by atoms with van der Waals surface area (Å²) in [5.41, 5.74) is 1.64. The van der Waals surface area contributed by atoms with E-state index in [1.165, 1.54) is 0 Å². The fraction of sp³-hybridized carbons (Fsp3) is 0.167. The van der Waals surface area contributed by atoms with Gasteiger partial charge < -0.3 is 0 Å². The molecule has 0 saturated heterocycles. The average molecular weight is 253 g/mol. The Balaban J connectivity index is 2.56. The summed E-state index contributed by atoms with van der Waals surface area (Å²) in [6.07, 6.45) is 0.748. The van der Waals surface area contributed by atoms with E-state index in [2.05, 4.69) is 9.97 Å². The van der Waals surface area contributed by atoms with Crippen molar-refractivity contribution >= 4 is 23.2 Å². The van der Waals surface area contributed by atoms with Gasteiger partial charge in [0.2, 0.25) is 0 Å². The first-order chi connectivity index (χ1) is 7.70. The molecule has 4 heteroatoms. The summed E-state index contributed by atoms with van der Waals surface area (Å²) in [5, 5.41) is 1.11. The molecule has 1 aromatic carbocycles. The first kappa shape index (κ1) is 11.4. The third-order valence-electron chi connectivity index (χ3n) is 2.21. The molecule has 0 amide bonds. The van der Waals surface area contributed by atoms with Crippen molar-refractivity contribution in [2.75, 3.05) is 0 Å². The SMILES string of the molecule is CCc1nc(Cl)cc(-c2ccccc2Cl)n1. The fourth-order valence-electron chi connectivity index (χ4n) is 1.43. The highest BCUT2D eigenvalue weighted by Gasteiger charge is 2.07. The quantitative estimate of drug-likeness (QED) is 0.755. The van der Waals surface area contributed by atoms with Crippen LogP contribution in [0.4, 0.5) is 0 Å². The molecule has 0 fully saturated rings. The summed E-state index contributed by atoms with van der Waals surface area (Å²) >= 11 is 12.0. The number of halogens is 2. The summed E-state index contributed by atoms with van der Waals surface area (Å²) in [7, 11) is 0. The van der Waals surface area contributed by atoms with E-state index < -0.39 is 0 Å². The topological polar surface area (TPSA) is 25.8 Å². The number of aromatic nitrogens is 2. The zero-order chi connectivity index (χ0) is 11.5. The Kier molecular flexibility index (Phi) is 3.42. The second kappa shape index (κ2) is 4.81. The second-order valence-corrected chi connectivity index (χ2v) is 4.12. The van der Waals surface area contributed by atoms with Crippen LogP contribution >= 0.6 is 23.2 Å². The minimum Gasteiger partial charge on any atom is -0.233 e. The Labute approximate surface area is 104 Å². The fourth-order valence-corrected chi connectivity index (χ4v) is 1.86. The summed E-state index contributed by atoms with van der Waals surface area (Å²) in [6.45, 7) is 1.99. The maximum Gasteiger partial charge on any atom is 0.133 e. The standard InChI is InChI=1S/C12H10Cl2N2/c1-2-12-15-10(7-11(14)16-12)8-5-3-4-6-9(8)13/h3-7H,2H2,1H3. The van der Waals surface area contributed by atoms with Crippen molar-refractivity contribution in [1.29, 1.82) is 0 Å². The molecule has 0 aliphatic heterocycles. The summed E-state index contributed by atoms with van der Waals surface area (Å²) in [4.78, 5) is 8.52. The molecular weight excluding hydrogens is 243 g/mol. The van der Waals surface area contributed by atoms with Crippen LogP contribution in [0.5, 0.6) is 0 Å². The maximum atomic E-state index is 6.10. The molecular formula is C12H10Cl2N2. The van der Waals surface area contributed by atoms with Crippen LogP contribution in [0.2, 0.25) is 10.2 Å². The van der Waals surface area contributed by atoms with Crippen molar-refractivity contribution in [3.63, 3.8) is 0 Å². The van der Waals surface area contributed by atoms with E-state index in [1.54, 1.807) is 6.07 Å². The van der Waals surface area contributed by atoms with Gasteiger partial charge in [0.15, 0.2) is 0 Å². The van der Waals surface area contributed by atoms with Gasteiger partial charge in [0.25, 0.3) is 0 Å². The third-order valence-corrected chi connectivity index (χ3v) is 2.73. The number of hydrogen-bond donors (Lipinski definition) is 0. The van der Waals surface area contributed by atoms with Gasteiger partial charge in [-0.15, -0.1) is 0 Å². The van der Waals surface area contributed by atoms with E-state index in [-0.39, 0.29) is 0 Å². The van der Waals surface area contributed by atoms with E-state index in [0.717, 1.165) is 23.5 Å². The summed E-state index contributed by atoms with van der Waals surface area (Å²) in [6, 6.07) is 9.28. The van der Waals surface area contributed by atoms with Gasteiger partial charge in [-0.05, 0) is 6.07 Å². The van der Waals surface area contributed by atoms with Gasteiger partial charge in [0.1, 0.15) is 11.0 Å². The average Bonchev–Trinajstić information content (AvgIpc) is 2.28. The van der Waals surface area contributed by atoms with E-state index in [1.807, 2.05) is 31.2 Å². The van der Waals surface area contributed by atoms with Crippen molar-refractivity contribution in [2.24, 2.45) is 0 Å². The molecule has 0 spiro atoms. The van der Waals surface area contributed by atoms with Crippen LogP contribution in [0.3, 0.4) is 0 Å². The lowest BCUT2D eigenvalue weighted by Gasteiger charge is -2.05. The zero-order valence-electron chi connectivity index (χ0n) is 8.74. The van der Waals surface area contributed by atoms with Gasteiger partial charge in [-0.3, -0.25) is 0 Å². The lowest BCUT2D eigenvalue weighted by molar-refractivity contribution is 0.943. The van der Waals surface area contributed by atoms with Crippen LogP contribution in [-0.4, -0.2) is 9.97 Å². The molecule has 0 atom stereocenters. The van der Waals surface area contributed by atoms with Gasteiger partial charge in [0, 0.05) is 23.1 Å². The minimum absolute atomic E-state index is 0.446. The van der Waals surface area contributed by atoms with Crippen molar-refractivity contribution in [1.82, 2.24) is 9.97 Å². The van der Waals surface area contributed by atoms with Crippen molar-refractivity contribution in [3.8, 4) is 11.3 Å². The lowest BCUT2D eigenvalue weighted by Crippen LogP contribution is -1.95. The molecule has 0 bridgehead atoms. The Bertz CT molecular complexity index is 512. The number of hydrogen-bond acceptors (Lipinski definition) is 2. The van der Waals surface area contributed by atoms with E-state index in [9.17, 15) is 0 Å². The van der Waals surface area contributed by atoms with Gasteiger partial charge in [-0.25, -0.2) is 9.97 Å².